The number of nitrogens with one attached hydrogen (secondary N) is 1. The molecule has 3 rings (SSSR count). The van der Waals surface area contributed by atoms with Gasteiger partial charge in [-0.25, -0.2) is 0 Å². The van der Waals surface area contributed by atoms with E-state index in [4.69, 9.17) is 22.1 Å². The van der Waals surface area contributed by atoms with Crippen LogP contribution in [-0.2, 0) is 0 Å². The molecule has 8 heteroatoms. The van der Waals surface area contributed by atoms with Gasteiger partial charge in [0.2, 0.25) is 0 Å². The van der Waals surface area contributed by atoms with Gasteiger partial charge < -0.3 is 0 Å². The van der Waals surface area contributed by atoms with Gasteiger partial charge in [-0.05, 0) is 0 Å². The summed E-state index contributed by atoms with van der Waals surface area (Å²) in [5, 5.41) is 21.7. The van der Waals surface area contributed by atoms with Crippen LogP contribution in [0.5, 0.6) is 0 Å². The van der Waals surface area contributed by atoms with E-state index in [0.29, 0.717) is 31.2 Å². The molecule has 1 heterocycles. The third-order valence-corrected chi connectivity index (χ3v) is 7.19. The van der Waals surface area contributed by atoms with Crippen LogP contribution in [0.1, 0.15) is 22.3 Å². The van der Waals surface area contributed by atoms with Crippen molar-refractivity contribution in [1.29, 1.82) is 10.5 Å². The molecule has 0 atom stereocenters. The monoisotopic (exact) mass is 512 g/mol. The molecule has 0 saturated heterocycles. The fourth-order valence-corrected chi connectivity index (χ4v) is 4.93. The summed E-state index contributed by atoms with van der Waals surface area (Å²) in [7, 11) is 0. The Kier molecular flexibility index (Phi) is 6.37. The number of nitriles is 2. The Morgan fingerprint density at radius 1 is 1.00 bits per heavy atom. The molecule has 3 aromatic rings. The maximum atomic E-state index is 9.13. The van der Waals surface area contributed by atoms with Gasteiger partial charge in [0.05, 0.1) is 0 Å². The number of rotatable bonds is 4. The number of hydrogen-bond donors (Lipinski definition) is 1. The Morgan fingerprint density at radius 2 is 1.61 bits per heavy atom. The van der Waals surface area contributed by atoms with Crippen LogP contribution in [-0.4, -0.2) is 25.7 Å². The van der Waals surface area contributed by atoms with Crippen LogP contribution in [0.2, 0.25) is 5.15 Å². The predicted octanol–water partition coefficient (Wildman–Crippen LogP) is 3.65. The predicted molar refractivity (Wildman–Crippen MR) is 115 cm³/mol. The van der Waals surface area contributed by atoms with Gasteiger partial charge in [0, 0.05) is 0 Å². The second-order valence-electron chi connectivity index (χ2n) is 5.97. The molecular formula is C20H13AsBrClN5. The van der Waals surface area contributed by atoms with E-state index >= 15 is 0 Å². The van der Waals surface area contributed by atoms with Crippen molar-refractivity contribution in [3.8, 4) is 12.1 Å². The van der Waals surface area contributed by atoms with Crippen molar-refractivity contribution in [2.45, 2.75) is 13.8 Å². The van der Waals surface area contributed by atoms with E-state index in [1.165, 1.54) is 0 Å². The Balaban J connectivity index is 1.94. The van der Waals surface area contributed by atoms with Crippen molar-refractivity contribution < 1.29 is 0 Å². The van der Waals surface area contributed by atoms with E-state index in [1.54, 1.807) is 12.1 Å². The van der Waals surface area contributed by atoms with Crippen molar-refractivity contribution in [3.63, 3.8) is 0 Å². The van der Waals surface area contributed by atoms with Crippen molar-refractivity contribution in [3.05, 3.63) is 68.3 Å². The molecule has 2 aromatic carbocycles. The minimum absolute atomic E-state index is 0.334. The molecule has 0 bridgehead atoms. The number of aromatic nitrogens is 2. The Labute approximate surface area is 183 Å². The molecule has 137 valence electrons. The average molecular weight is 514 g/mol. The first-order valence-electron chi connectivity index (χ1n) is 8.14. The molecule has 0 fully saturated rings. The normalized spacial score (nSPS) is 10.6. The number of hydrogen-bond acceptors (Lipinski definition) is 5. The van der Waals surface area contributed by atoms with E-state index < -0.39 is 15.8 Å². The van der Waals surface area contributed by atoms with E-state index in [1.807, 2.05) is 38.1 Å². The summed E-state index contributed by atoms with van der Waals surface area (Å²) in [5.74, 6) is 0.579. The molecule has 1 radical (unpaired) electrons. The Morgan fingerprint density at radius 3 is 2.18 bits per heavy atom. The van der Waals surface area contributed by atoms with Gasteiger partial charge >= 0.3 is 184 Å². The number of benzene rings is 2. The molecule has 0 spiro atoms. The van der Waals surface area contributed by atoms with E-state index in [2.05, 4.69) is 43.4 Å². The SMILES string of the molecule is Cc1cc(C#N)cc(C)c1Nc1nc([As]c2ccc(C#N)cc2)nc(Cl)c1Br. The summed E-state index contributed by atoms with van der Waals surface area (Å²) in [6.45, 7) is 3.88. The number of aryl methyl sites for hydroxylation is 2. The molecule has 0 aliphatic rings. The summed E-state index contributed by atoms with van der Waals surface area (Å²) in [4.78, 5) is 9.04. The zero-order valence-electron chi connectivity index (χ0n) is 15.0. The van der Waals surface area contributed by atoms with E-state index in [0.717, 1.165) is 21.2 Å². The van der Waals surface area contributed by atoms with Gasteiger partial charge in [0.1, 0.15) is 0 Å². The molecule has 0 aliphatic heterocycles. The van der Waals surface area contributed by atoms with Crippen molar-refractivity contribution >= 4 is 63.8 Å². The Hall–Kier alpha value is -2.37. The molecule has 5 nitrogen and oxygen atoms in total. The fraction of sp³-hybridized carbons (Fsp3) is 0.100. The maximum absolute atomic E-state index is 9.13. The molecule has 1 N–H and O–H groups in total. The third kappa shape index (κ3) is 4.54. The fourth-order valence-electron chi connectivity index (χ4n) is 2.61. The van der Waals surface area contributed by atoms with Gasteiger partial charge in [0.25, 0.3) is 0 Å². The molecule has 0 unspecified atom stereocenters. The molecule has 28 heavy (non-hydrogen) atoms. The minimum atomic E-state index is -0.487. The second kappa shape index (κ2) is 8.76. The molecule has 0 amide bonds. The number of nitrogens with zero attached hydrogens (tertiary/aromatic N) is 4. The molecule has 1 aromatic heterocycles. The first-order chi connectivity index (χ1) is 13.4. The number of anilines is 2. The average Bonchev–Trinajstić information content (AvgIpc) is 2.68. The van der Waals surface area contributed by atoms with Gasteiger partial charge in [-0.2, -0.15) is 0 Å². The first-order valence-corrected chi connectivity index (χ1v) is 11.2. The second-order valence-corrected chi connectivity index (χ2v) is 9.51. The van der Waals surface area contributed by atoms with Crippen LogP contribution >= 0.6 is 27.5 Å². The first kappa shape index (κ1) is 20.4. The number of halogens is 2. The quantitative estimate of drug-likeness (QED) is 0.425. The van der Waals surface area contributed by atoms with Crippen molar-refractivity contribution in [1.82, 2.24) is 9.97 Å². The Bertz CT molecular complexity index is 1110. The van der Waals surface area contributed by atoms with Crippen LogP contribution in [0.25, 0.3) is 0 Å². The van der Waals surface area contributed by atoms with Crippen molar-refractivity contribution in [2.75, 3.05) is 5.32 Å². The molecule has 0 saturated carbocycles. The van der Waals surface area contributed by atoms with Crippen LogP contribution in [0.4, 0.5) is 11.5 Å². The molecule has 0 aliphatic carbocycles. The molecular weight excluding hydrogens is 501 g/mol. The summed E-state index contributed by atoms with van der Waals surface area (Å²) >= 11 is 9.29. The summed E-state index contributed by atoms with van der Waals surface area (Å²) < 4.78 is 2.31. The van der Waals surface area contributed by atoms with Crippen LogP contribution in [0.15, 0.2) is 40.9 Å². The van der Waals surface area contributed by atoms with Gasteiger partial charge in [0.15, 0.2) is 0 Å². The van der Waals surface area contributed by atoms with Crippen LogP contribution < -0.4 is 14.3 Å². The topological polar surface area (TPSA) is 85.4 Å². The standard InChI is InChI=1S/C20H13AsBrClN5/c1-11-7-14(10-25)8-12(2)17(11)26-19-16(22)18(23)27-20(28-19)21-15-5-3-13(9-24)4-6-15/h3-8H,1-2H3,(H,26,27,28). The van der Waals surface area contributed by atoms with E-state index in [-0.39, 0.29) is 0 Å². The zero-order chi connectivity index (χ0) is 20.3. The van der Waals surface area contributed by atoms with E-state index in [9.17, 15) is 0 Å². The van der Waals surface area contributed by atoms with Crippen LogP contribution in [0, 0.1) is 36.5 Å². The van der Waals surface area contributed by atoms with Crippen molar-refractivity contribution in [2.24, 2.45) is 0 Å². The summed E-state index contributed by atoms with van der Waals surface area (Å²) in [5.41, 5.74) is 4.01. The summed E-state index contributed by atoms with van der Waals surface area (Å²) in [6.07, 6.45) is 0. The van der Waals surface area contributed by atoms with Gasteiger partial charge in [-0.15, -0.1) is 0 Å². The summed E-state index contributed by atoms with van der Waals surface area (Å²) in [6, 6.07) is 15.3. The van der Waals surface area contributed by atoms with Gasteiger partial charge in [-0.1, -0.05) is 0 Å². The third-order valence-electron chi connectivity index (χ3n) is 3.93. The zero-order valence-corrected chi connectivity index (χ0v) is 19.2. The van der Waals surface area contributed by atoms with Crippen LogP contribution in [0.3, 0.4) is 0 Å². The van der Waals surface area contributed by atoms with Gasteiger partial charge in [-0.3, -0.25) is 0 Å².